The van der Waals surface area contributed by atoms with Crippen molar-refractivity contribution in [1.82, 2.24) is 36.0 Å². The molecule has 2 aromatic heterocycles. The van der Waals surface area contributed by atoms with E-state index in [9.17, 15) is 38.4 Å². The first-order chi connectivity index (χ1) is 27.8. The Labute approximate surface area is 346 Å². The summed E-state index contributed by atoms with van der Waals surface area (Å²) in [6.07, 6.45) is 1.38. The Hall–Kier alpha value is -5.01. The van der Waals surface area contributed by atoms with Gasteiger partial charge in [-0.1, -0.05) is 23.7 Å². The van der Waals surface area contributed by atoms with E-state index in [0.717, 1.165) is 44.4 Å². The van der Waals surface area contributed by atoms with Crippen LogP contribution >= 0.6 is 34.3 Å². The highest BCUT2D eigenvalue weighted by Gasteiger charge is 2.41. The number of hydrogen-bond acceptors (Lipinski definition) is 12. The predicted molar refractivity (Wildman–Crippen MR) is 212 cm³/mol. The first kappa shape index (κ1) is 41.2. The number of carbonyl (C=O) groups excluding carboxylic acids is 8. The molecule has 0 radical (unpaired) electrons. The Balaban J connectivity index is 0.000000177. The largest absolute Gasteiger partial charge is 0.379 e. The molecule has 5 aliphatic heterocycles. The van der Waals surface area contributed by atoms with E-state index in [4.69, 9.17) is 16.3 Å². The number of imide groups is 2. The molecule has 8 amide bonds. The number of carbonyl (C=O) groups is 8. The molecule has 3 saturated heterocycles. The number of piperidine rings is 2. The highest BCUT2D eigenvalue weighted by Crippen LogP contribution is 2.35. The van der Waals surface area contributed by atoms with Crippen LogP contribution in [0.25, 0.3) is 0 Å². The van der Waals surface area contributed by atoms with Gasteiger partial charge in [-0.15, -0.1) is 22.7 Å². The number of benzene rings is 1. The van der Waals surface area contributed by atoms with Crippen LogP contribution in [-0.2, 0) is 66.1 Å². The molecule has 7 heterocycles. The number of aryl methyl sites for hydroxylation is 1. The second-order valence-corrected chi connectivity index (χ2v) is 17.2. The molecule has 19 heteroatoms. The monoisotopic (exact) mass is 851 g/mol. The molecule has 16 nitrogen and oxygen atoms in total. The van der Waals surface area contributed by atoms with Crippen LogP contribution in [0.1, 0.15) is 77.7 Å². The molecule has 3 fully saturated rings. The number of halogens is 1. The van der Waals surface area contributed by atoms with Gasteiger partial charge in [-0.05, 0) is 48.6 Å². The van der Waals surface area contributed by atoms with Crippen molar-refractivity contribution in [3.05, 3.63) is 77.1 Å². The van der Waals surface area contributed by atoms with Crippen molar-refractivity contribution in [3.63, 3.8) is 0 Å². The smallest absolute Gasteiger partial charge is 0.256 e. The molecule has 306 valence electrons. The Bertz CT molecular complexity index is 2180. The molecule has 5 aliphatic rings. The normalized spacial score (nSPS) is 20.6. The Morgan fingerprint density at radius 1 is 0.845 bits per heavy atom. The minimum atomic E-state index is -0.619. The summed E-state index contributed by atoms with van der Waals surface area (Å²) in [7, 11) is 0. The molecular weight excluding hydrogens is 810 g/mol. The first-order valence-corrected chi connectivity index (χ1v) is 21.0. The summed E-state index contributed by atoms with van der Waals surface area (Å²) in [5.74, 6) is -2.02. The summed E-state index contributed by atoms with van der Waals surface area (Å²) in [4.78, 5) is 105. The Morgan fingerprint density at radius 2 is 1.48 bits per heavy atom. The highest BCUT2D eigenvalue weighted by atomic mass is 35.5. The van der Waals surface area contributed by atoms with Crippen LogP contribution in [0.3, 0.4) is 0 Å². The SMILES string of the molecule is Cc1ccc(CC(=O)NCc2cc3c(s2)CN(C2CCC(=O)NC2=O)C3=O)cc1Cl.O=C(CN1CCOCC1)NCc1scc2c1CN(C1CCC(=O)NC1=O)C2=O. The van der Waals surface area contributed by atoms with Gasteiger partial charge in [-0.3, -0.25) is 53.9 Å². The van der Waals surface area contributed by atoms with E-state index in [1.165, 1.54) is 32.5 Å². The number of ether oxygens (including phenoxy) is 1. The fourth-order valence-corrected chi connectivity index (χ4v) is 9.69. The number of nitrogens with zero attached hydrogens (tertiary/aromatic N) is 3. The zero-order valence-corrected chi connectivity index (χ0v) is 34.0. The maximum Gasteiger partial charge on any atom is 0.256 e. The molecule has 1 aromatic carbocycles. The van der Waals surface area contributed by atoms with Crippen molar-refractivity contribution in [2.45, 2.75) is 77.3 Å². The number of amides is 8. The topological polar surface area (TPSA) is 204 Å². The van der Waals surface area contributed by atoms with Gasteiger partial charge >= 0.3 is 0 Å². The summed E-state index contributed by atoms with van der Waals surface area (Å²) in [5, 5.41) is 12.8. The zero-order chi connectivity index (χ0) is 41.1. The highest BCUT2D eigenvalue weighted by molar-refractivity contribution is 7.12. The summed E-state index contributed by atoms with van der Waals surface area (Å²) >= 11 is 9.00. The lowest BCUT2D eigenvalue weighted by Crippen LogP contribution is -2.52. The average Bonchev–Trinajstić information content (AvgIpc) is 3.94. The maximum atomic E-state index is 12.7. The summed E-state index contributed by atoms with van der Waals surface area (Å²) in [5.41, 5.74) is 3.83. The molecule has 3 aromatic rings. The maximum absolute atomic E-state index is 12.7. The van der Waals surface area contributed by atoms with Gasteiger partial charge in [-0.2, -0.15) is 0 Å². The van der Waals surface area contributed by atoms with Crippen LogP contribution in [0.15, 0.2) is 29.6 Å². The summed E-state index contributed by atoms with van der Waals surface area (Å²) in [6, 6.07) is 6.10. The van der Waals surface area contributed by atoms with E-state index in [1.807, 2.05) is 24.0 Å². The average molecular weight is 852 g/mol. The minimum absolute atomic E-state index is 0.0598. The molecule has 58 heavy (non-hydrogen) atoms. The van der Waals surface area contributed by atoms with Gasteiger partial charge in [0.25, 0.3) is 11.8 Å². The van der Waals surface area contributed by atoms with E-state index in [1.54, 1.807) is 17.5 Å². The van der Waals surface area contributed by atoms with Gasteiger partial charge < -0.3 is 25.2 Å². The number of rotatable bonds is 10. The lowest BCUT2D eigenvalue weighted by molar-refractivity contribution is -0.138. The number of hydrogen-bond donors (Lipinski definition) is 4. The van der Waals surface area contributed by atoms with Gasteiger partial charge in [0.1, 0.15) is 12.1 Å². The van der Waals surface area contributed by atoms with E-state index in [2.05, 4.69) is 21.3 Å². The minimum Gasteiger partial charge on any atom is -0.379 e. The number of nitrogens with one attached hydrogen (secondary N) is 4. The van der Waals surface area contributed by atoms with E-state index < -0.39 is 23.9 Å². The van der Waals surface area contributed by atoms with Crippen LogP contribution in [0.2, 0.25) is 5.02 Å². The van der Waals surface area contributed by atoms with E-state index in [0.29, 0.717) is 74.9 Å². The van der Waals surface area contributed by atoms with Crippen molar-refractivity contribution >= 4 is 81.5 Å². The van der Waals surface area contributed by atoms with Gasteiger partial charge in [-0.25, -0.2) is 0 Å². The van der Waals surface area contributed by atoms with Crippen molar-refractivity contribution in [2.24, 2.45) is 0 Å². The molecule has 0 aliphatic carbocycles. The van der Waals surface area contributed by atoms with E-state index >= 15 is 0 Å². The van der Waals surface area contributed by atoms with Crippen LogP contribution in [0.4, 0.5) is 0 Å². The van der Waals surface area contributed by atoms with Crippen molar-refractivity contribution in [2.75, 3.05) is 32.8 Å². The molecule has 8 rings (SSSR count). The Morgan fingerprint density at radius 3 is 2.12 bits per heavy atom. The summed E-state index contributed by atoms with van der Waals surface area (Å²) in [6.45, 7) is 6.40. The van der Waals surface area contributed by atoms with E-state index in [-0.39, 0.29) is 54.7 Å². The quantitative estimate of drug-likeness (QED) is 0.218. The summed E-state index contributed by atoms with van der Waals surface area (Å²) < 4.78 is 5.28. The van der Waals surface area contributed by atoms with Crippen LogP contribution in [0.5, 0.6) is 0 Å². The number of thiophene rings is 2. The Kier molecular flexibility index (Phi) is 12.7. The number of fused-ring (bicyclic) bond motifs is 2. The predicted octanol–water partition coefficient (Wildman–Crippen LogP) is 1.79. The molecule has 0 saturated carbocycles. The molecule has 2 unspecified atom stereocenters. The van der Waals surface area contributed by atoms with Crippen LogP contribution < -0.4 is 21.3 Å². The van der Waals surface area contributed by atoms with Gasteiger partial charge in [0, 0.05) is 57.5 Å². The third kappa shape index (κ3) is 9.31. The van der Waals surface area contributed by atoms with Gasteiger partial charge in [0.2, 0.25) is 35.4 Å². The molecule has 0 bridgehead atoms. The van der Waals surface area contributed by atoms with Gasteiger partial charge in [0.15, 0.2) is 0 Å². The third-order valence-corrected chi connectivity index (χ3v) is 13.2. The lowest BCUT2D eigenvalue weighted by atomic mass is 10.0. The standard InChI is InChI=1S/C21H20ClN3O4S.C18H22N4O5S/c1-11-2-3-12(6-15(11)22)7-19(27)23-9-13-8-14-17(30-13)10-25(21(14)29)16-4-5-18(26)24-20(16)28;23-15-2-1-13(17(25)20-15)22-8-11-12(18(22)26)10-28-14(11)7-19-16(24)9-21-3-5-27-6-4-21/h2-3,6,8,16H,4-5,7,9-10H2,1H3,(H,23,27)(H,24,26,28);10,13H,1-9H2,(H,19,24)(H,20,23,25). The zero-order valence-electron chi connectivity index (χ0n) is 31.7. The fraction of sp³-hybridized carbons (Fsp3) is 0.436. The second-order valence-electron chi connectivity index (χ2n) is 14.6. The van der Waals surface area contributed by atoms with Crippen LogP contribution in [-0.4, -0.2) is 107 Å². The third-order valence-electron chi connectivity index (χ3n) is 10.6. The van der Waals surface area contributed by atoms with Crippen molar-refractivity contribution in [1.29, 1.82) is 0 Å². The van der Waals surface area contributed by atoms with Crippen molar-refractivity contribution < 1.29 is 43.1 Å². The van der Waals surface area contributed by atoms with Gasteiger partial charge in [0.05, 0.1) is 56.9 Å². The fourth-order valence-electron chi connectivity index (χ4n) is 7.41. The second kappa shape index (κ2) is 17.9. The molecule has 4 N–H and O–H groups in total. The molecule has 2 atom stereocenters. The first-order valence-electron chi connectivity index (χ1n) is 18.9. The number of morpholine rings is 1. The van der Waals surface area contributed by atoms with Crippen LogP contribution in [0, 0.1) is 6.92 Å². The van der Waals surface area contributed by atoms with Crippen molar-refractivity contribution in [3.8, 4) is 0 Å². The molecule has 0 spiro atoms. The lowest BCUT2D eigenvalue weighted by Gasteiger charge is -2.29. The molecular formula is C39H42ClN7O9S2.